The Morgan fingerprint density at radius 1 is 1.09 bits per heavy atom. The first kappa shape index (κ1) is 23.7. The lowest BCUT2D eigenvalue weighted by Crippen LogP contribution is -2.33. The van der Waals surface area contributed by atoms with E-state index < -0.39 is 32.8 Å². The van der Waals surface area contributed by atoms with Crippen LogP contribution in [0, 0.1) is 6.92 Å². The van der Waals surface area contributed by atoms with Gasteiger partial charge in [-0.1, -0.05) is 24.3 Å². The minimum absolute atomic E-state index is 0.131. The van der Waals surface area contributed by atoms with Crippen LogP contribution in [-0.2, 0) is 29.2 Å². The van der Waals surface area contributed by atoms with Gasteiger partial charge in [-0.15, -0.1) is 0 Å². The zero-order chi connectivity index (χ0) is 23.5. The predicted molar refractivity (Wildman–Crippen MR) is 116 cm³/mol. The summed E-state index contributed by atoms with van der Waals surface area (Å²) in [5.74, 6) is -0.418. The van der Waals surface area contributed by atoms with Gasteiger partial charge in [0.1, 0.15) is 0 Å². The number of carbonyl (C=O) groups excluding carboxylic acids is 1. The van der Waals surface area contributed by atoms with Crippen molar-refractivity contribution in [1.82, 2.24) is 9.71 Å². The molecule has 2 aromatic carbocycles. The van der Waals surface area contributed by atoms with Crippen LogP contribution < -0.4 is 4.72 Å². The van der Waals surface area contributed by atoms with Crippen molar-refractivity contribution >= 4 is 15.8 Å². The molecule has 3 aromatic rings. The lowest BCUT2D eigenvalue weighted by Gasteiger charge is -2.15. The van der Waals surface area contributed by atoms with Gasteiger partial charge in [-0.25, -0.2) is 13.1 Å². The van der Waals surface area contributed by atoms with Gasteiger partial charge in [-0.05, 0) is 61.7 Å². The maximum Gasteiger partial charge on any atom is 0.416 e. The molecule has 0 radical (unpaired) electrons. The van der Waals surface area contributed by atoms with Crippen molar-refractivity contribution in [2.45, 2.75) is 38.2 Å². The highest BCUT2D eigenvalue weighted by Crippen LogP contribution is 2.29. The molecule has 0 aliphatic carbocycles. The predicted octanol–water partition coefficient (Wildman–Crippen LogP) is 4.62. The highest BCUT2D eigenvalue weighted by Gasteiger charge is 2.30. The fourth-order valence-electron chi connectivity index (χ4n) is 3.25. The molecule has 0 bridgehead atoms. The number of halogens is 3. The van der Waals surface area contributed by atoms with Crippen LogP contribution in [0.3, 0.4) is 0 Å². The molecule has 1 unspecified atom stereocenters. The number of hydrogen-bond acceptors (Lipinski definition) is 3. The molecular formula is C23H23F3N2O3S. The van der Waals surface area contributed by atoms with E-state index in [1.807, 2.05) is 0 Å². The number of ketones is 1. The number of alkyl halides is 3. The molecule has 0 amide bonds. The molecule has 1 aromatic heterocycles. The summed E-state index contributed by atoms with van der Waals surface area (Å²) in [7, 11) is -3.61. The second-order valence-corrected chi connectivity index (χ2v) is 9.81. The normalized spacial score (nSPS) is 13.2. The Hall–Kier alpha value is -2.91. The largest absolute Gasteiger partial charge is 0.416 e. The van der Waals surface area contributed by atoms with E-state index in [1.165, 1.54) is 0 Å². The molecule has 9 heteroatoms. The van der Waals surface area contributed by atoms with Crippen molar-refractivity contribution in [1.29, 1.82) is 0 Å². The van der Waals surface area contributed by atoms with E-state index in [9.17, 15) is 26.4 Å². The number of rotatable bonds is 8. The first-order valence-corrected chi connectivity index (χ1v) is 11.4. The van der Waals surface area contributed by atoms with E-state index in [2.05, 4.69) is 9.71 Å². The van der Waals surface area contributed by atoms with Crippen molar-refractivity contribution in [3.05, 3.63) is 94.3 Å². The van der Waals surface area contributed by atoms with Crippen molar-refractivity contribution in [3.8, 4) is 0 Å². The molecule has 2 N–H and O–H groups in total. The first-order valence-electron chi connectivity index (χ1n) is 9.89. The Morgan fingerprint density at radius 3 is 2.38 bits per heavy atom. The number of sulfonamides is 1. The van der Waals surface area contributed by atoms with Gasteiger partial charge in [-0.2, -0.15) is 13.2 Å². The van der Waals surface area contributed by atoms with Crippen LogP contribution >= 0.6 is 0 Å². The fourth-order valence-corrected chi connectivity index (χ4v) is 4.30. The summed E-state index contributed by atoms with van der Waals surface area (Å²) in [6.07, 6.45) is -2.60. The van der Waals surface area contributed by atoms with Crippen LogP contribution in [0.15, 0.2) is 60.8 Å². The summed E-state index contributed by atoms with van der Waals surface area (Å²) in [6, 6.07) is 12.6. The van der Waals surface area contributed by atoms with Gasteiger partial charge in [0, 0.05) is 23.0 Å². The zero-order valence-electron chi connectivity index (χ0n) is 17.5. The van der Waals surface area contributed by atoms with Crippen molar-refractivity contribution in [3.63, 3.8) is 0 Å². The van der Waals surface area contributed by atoms with Crippen LogP contribution in [0.5, 0.6) is 0 Å². The third-order valence-electron chi connectivity index (χ3n) is 5.20. The summed E-state index contributed by atoms with van der Waals surface area (Å²) in [5, 5.41) is -0.755. The van der Waals surface area contributed by atoms with Gasteiger partial charge in [0.2, 0.25) is 10.0 Å². The third-order valence-corrected chi connectivity index (χ3v) is 6.97. The number of H-pyrrole nitrogens is 1. The number of benzene rings is 2. The highest BCUT2D eigenvalue weighted by atomic mass is 32.2. The standard InChI is InChI=1S/C23H23F3N2O3S/c1-15-5-6-17(12-16(2)32(30,31)28-14-20-4-3-11-27-20)13-21(15)22(29)18-7-9-19(10-8-18)23(24,25)26/h3-11,13,16,27-28H,12,14H2,1-2H3. The smallest absolute Gasteiger partial charge is 0.364 e. The number of carbonyl (C=O) groups is 1. The quantitative estimate of drug-likeness (QED) is 0.478. The first-order chi connectivity index (χ1) is 15.0. The number of aromatic amines is 1. The molecule has 0 fully saturated rings. The van der Waals surface area contributed by atoms with Crippen molar-refractivity contribution in [2.75, 3.05) is 0 Å². The summed E-state index contributed by atoms with van der Waals surface area (Å²) in [4.78, 5) is 15.8. The number of aromatic nitrogens is 1. The SMILES string of the molecule is Cc1ccc(CC(C)S(=O)(=O)NCc2ccc[nH]2)cc1C(=O)c1ccc(C(F)(F)F)cc1. The molecule has 3 rings (SSSR count). The molecule has 1 heterocycles. The average Bonchev–Trinajstić information content (AvgIpc) is 3.26. The van der Waals surface area contributed by atoms with E-state index in [0.29, 0.717) is 16.7 Å². The van der Waals surface area contributed by atoms with E-state index in [-0.39, 0.29) is 18.5 Å². The van der Waals surface area contributed by atoms with Gasteiger partial charge < -0.3 is 4.98 Å². The Kier molecular flexibility index (Phi) is 6.90. The van der Waals surface area contributed by atoms with Gasteiger partial charge in [-0.3, -0.25) is 4.79 Å². The van der Waals surface area contributed by atoms with Crippen molar-refractivity contribution in [2.24, 2.45) is 0 Å². The lowest BCUT2D eigenvalue weighted by atomic mass is 9.95. The number of nitrogens with one attached hydrogen (secondary N) is 2. The van der Waals surface area contributed by atoms with Gasteiger partial charge >= 0.3 is 6.18 Å². The maximum absolute atomic E-state index is 12.9. The molecule has 0 saturated carbocycles. The Balaban J connectivity index is 1.75. The minimum atomic E-state index is -4.48. The number of aryl methyl sites for hydroxylation is 1. The second kappa shape index (κ2) is 9.30. The topological polar surface area (TPSA) is 79.0 Å². The fraction of sp³-hybridized carbons (Fsp3) is 0.261. The zero-order valence-corrected chi connectivity index (χ0v) is 18.3. The van der Waals surface area contributed by atoms with Gasteiger partial charge in [0.15, 0.2) is 5.78 Å². The molecule has 0 aliphatic heterocycles. The molecule has 32 heavy (non-hydrogen) atoms. The Morgan fingerprint density at radius 2 is 1.78 bits per heavy atom. The van der Waals surface area contributed by atoms with Crippen molar-refractivity contribution < 1.29 is 26.4 Å². The van der Waals surface area contributed by atoms with E-state index in [4.69, 9.17) is 0 Å². The second-order valence-electron chi connectivity index (χ2n) is 7.63. The van der Waals surface area contributed by atoms with Crippen LogP contribution in [0.2, 0.25) is 0 Å². The summed E-state index contributed by atoms with van der Waals surface area (Å²) in [5.41, 5.74) is 1.66. The lowest BCUT2D eigenvalue weighted by molar-refractivity contribution is -0.137. The molecule has 1 atom stereocenters. The summed E-state index contributed by atoms with van der Waals surface area (Å²) >= 11 is 0. The Bertz CT molecular complexity index is 1190. The Labute approximate surface area is 184 Å². The maximum atomic E-state index is 12.9. The highest BCUT2D eigenvalue weighted by molar-refractivity contribution is 7.90. The molecule has 0 aliphatic rings. The van der Waals surface area contributed by atoms with Gasteiger partial charge in [0.05, 0.1) is 17.4 Å². The van der Waals surface area contributed by atoms with Crippen LogP contribution in [0.4, 0.5) is 13.2 Å². The molecule has 5 nitrogen and oxygen atoms in total. The molecular weight excluding hydrogens is 441 g/mol. The number of hydrogen-bond donors (Lipinski definition) is 2. The summed E-state index contributed by atoms with van der Waals surface area (Å²) in [6.45, 7) is 3.44. The third kappa shape index (κ3) is 5.66. The van der Waals surface area contributed by atoms with Crippen LogP contribution in [0.1, 0.15) is 45.2 Å². The van der Waals surface area contributed by atoms with Crippen LogP contribution in [0.25, 0.3) is 0 Å². The molecule has 0 spiro atoms. The molecule has 170 valence electrons. The average molecular weight is 465 g/mol. The summed E-state index contributed by atoms with van der Waals surface area (Å²) < 4.78 is 66.0. The van der Waals surface area contributed by atoms with E-state index >= 15 is 0 Å². The van der Waals surface area contributed by atoms with Gasteiger partial charge in [0.25, 0.3) is 0 Å². The van der Waals surface area contributed by atoms with Crippen LogP contribution in [-0.4, -0.2) is 24.4 Å². The van der Waals surface area contributed by atoms with E-state index in [0.717, 1.165) is 30.0 Å². The van der Waals surface area contributed by atoms with E-state index in [1.54, 1.807) is 50.4 Å². The minimum Gasteiger partial charge on any atom is -0.364 e. The molecule has 0 saturated heterocycles. The monoisotopic (exact) mass is 464 g/mol.